The van der Waals surface area contributed by atoms with Crippen LogP contribution in [0.2, 0.25) is 0 Å². The van der Waals surface area contributed by atoms with Gasteiger partial charge in [0.05, 0.1) is 5.92 Å². The molecule has 32 heavy (non-hydrogen) atoms. The molecule has 0 radical (unpaired) electrons. The van der Waals surface area contributed by atoms with Crippen molar-refractivity contribution in [1.82, 2.24) is 19.9 Å². The van der Waals surface area contributed by atoms with Crippen molar-refractivity contribution >= 4 is 27.9 Å². The number of nitrogens with one attached hydrogen (secondary N) is 2. The lowest BCUT2D eigenvalue weighted by molar-refractivity contribution is -0.159. The van der Waals surface area contributed by atoms with Gasteiger partial charge in [-0.15, -0.1) is 0 Å². The van der Waals surface area contributed by atoms with Crippen molar-refractivity contribution in [3.63, 3.8) is 0 Å². The molecule has 2 fully saturated rings. The number of esters is 1. The number of rotatable bonds is 6. The summed E-state index contributed by atoms with van der Waals surface area (Å²) in [7, 11) is -3.66. The number of sulfonamides is 1. The summed E-state index contributed by atoms with van der Waals surface area (Å²) in [6, 6.07) is 2.51. The number of nitrogens with zero attached hydrogens (tertiary/aromatic N) is 2. The monoisotopic (exact) mass is 466 g/mol. The van der Waals surface area contributed by atoms with E-state index >= 15 is 0 Å². The Morgan fingerprint density at radius 2 is 1.81 bits per heavy atom. The van der Waals surface area contributed by atoms with Gasteiger partial charge >= 0.3 is 12.0 Å². The smallest absolute Gasteiger partial charge is 0.321 e. The zero-order chi connectivity index (χ0) is 23.1. The lowest BCUT2D eigenvalue weighted by Gasteiger charge is -2.30. The summed E-state index contributed by atoms with van der Waals surface area (Å²) in [6.45, 7) is 1.74. The molecule has 10 nitrogen and oxygen atoms in total. The average Bonchev–Trinajstić information content (AvgIpc) is 2.80. The maximum absolute atomic E-state index is 12.7. The number of aromatic nitrogens is 1. The van der Waals surface area contributed by atoms with Crippen LogP contribution in [0.3, 0.4) is 0 Å². The molecule has 1 aliphatic heterocycles. The molecule has 2 heterocycles. The second-order valence-electron chi connectivity index (χ2n) is 8.24. The molecule has 176 valence electrons. The molecule has 1 saturated carbocycles. The fraction of sp³-hybridized carbons (Fsp3) is 0.619. The largest absolute Gasteiger partial charge is 0.452 e. The van der Waals surface area contributed by atoms with Crippen LogP contribution < -0.4 is 10.6 Å². The van der Waals surface area contributed by atoms with Crippen LogP contribution in [0.1, 0.15) is 51.9 Å². The fourth-order valence-corrected chi connectivity index (χ4v) is 5.42. The Morgan fingerprint density at radius 1 is 1.12 bits per heavy atom. The molecule has 1 aromatic heterocycles. The number of pyridine rings is 1. The van der Waals surface area contributed by atoms with Crippen molar-refractivity contribution in [1.29, 1.82) is 0 Å². The molecule has 1 aliphatic carbocycles. The summed E-state index contributed by atoms with van der Waals surface area (Å²) in [4.78, 5) is 40.6. The SMILES string of the molecule is CC(OC(=O)C1CCN(S(=O)(=O)c2cccnc2)CC1)C(=O)NC(=O)NC1CCCCC1. The third-order valence-corrected chi connectivity index (χ3v) is 7.78. The minimum absolute atomic E-state index is 0.0579. The first-order chi connectivity index (χ1) is 15.3. The number of amides is 3. The molecule has 1 atom stereocenters. The first-order valence-electron chi connectivity index (χ1n) is 11.0. The highest BCUT2D eigenvalue weighted by Crippen LogP contribution is 2.24. The number of urea groups is 1. The number of ether oxygens (including phenoxy) is 1. The first kappa shape index (κ1) is 24.1. The molecule has 1 saturated heterocycles. The Labute approximate surface area is 188 Å². The van der Waals surface area contributed by atoms with Gasteiger partial charge in [0.2, 0.25) is 10.0 Å². The van der Waals surface area contributed by atoms with E-state index in [0.29, 0.717) is 0 Å². The van der Waals surface area contributed by atoms with Gasteiger partial charge in [-0.1, -0.05) is 19.3 Å². The summed E-state index contributed by atoms with van der Waals surface area (Å²) in [5, 5.41) is 5.00. The Morgan fingerprint density at radius 3 is 2.44 bits per heavy atom. The normalized spacial score (nSPS) is 19.7. The standard InChI is InChI=1S/C21H30N4O6S/c1-15(19(26)24-21(28)23-17-6-3-2-4-7-17)31-20(27)16-9-12-25(13-10-16)32(29,30)18-8-5-11-22-14-18/h5,8,11,14-17H,2-4,6-7,9-10,12-13H2,1H3,(H2,23,24,26,28). The average molecular weight is 467 g/mol. The number of piperidine rings is 1. The Bertz CT molecular complexity index is 909. The van der Waals surface area contributed by atoms with Crippen LogP contribution in [0.5, 0.6) is 0 Å². The number of hydrogen-bond acceptors (Lipinski definition) is 7. The van der Waals surface area contributed by atoms with E-state index in [0.717, 1.165) is 32.1 Å². The summed E-state index contributed by atoms with van der Waals surface area (Å²) < 4.78 is 31.9. The van der Waals surface area contributed by atoms with Gasteiger partial charge < -0.3 is 10.1 Å². The van der Waals surface area contributed by atoms with Crippen LogP contribution in [-0.2, 0) is 24.3 Å². The molecule has 1 unspecified atom stereocenters. The van der Waals surface area contributed by atoms with Crippen LogP contribution in [0.4, 0.5) is 4.79 Å². The van der Waals surface area contributed by atoms with Gasteiger partial charge in [0, 0.05) is 31.5 Å². The molecule has 0 bridgehead atoms. The third kappa shape index (κ3) is 6.26. The second kappa shape index (κ2) is 10.9. The third-order valence-electron chi connectivity index (χ3n) is 5.90. The van der Waals surface area contributed by atoms with Crippen LogP contribution >= 0.6 is 0 Å². The molecule has 3 rings (SSSR count). The minimum Gasteiger partial charge on any atom is -0.452 e. The van der Waals surface area contributed by atoms with E-state index in [1.807, 2.05) is 0 Å². The van der Waals surface area contributed by atoms with E-state index in [4.69, 9.17) is 4.74 Å². The summed E-state index contributed by atoms with van der Waals surface area (Å²) in [6.07, 6.45) is 7.27. The van der Waals surface area contributed by atoms with Crippen molar-refractivity contribution in [2.45, 2.75) is 68.9 Å². The van der Waals surface area contributed by atoms with E-state index in [1.54, 1.807) is 6.07 Å². The predicted octanol–water partition coefficient (Wildman–Crippen LogP) is 1.57. The van der Waals surface area contributed by atoms with E-state index in [-0.39, 0.29) is 36.9 Å². The van der Waals surface area contributed by atoms with Gasteiger partial charge in [-0.2, -0.15) is 4.31 Å². The van der Waals surface area contributed by atoms with Gasteiger partial charge in [0.15, 0.2) is 6.10 Å². The van der Waals surface area contributed by atoms with Crippen molar-refractivity contribution in [3.8, 4) is 0 Å². The maximum atomic E-state index is 12.7. The van der Waals surface area contributed by atoms with Crippen LogP contribution in [-0.4, -0.2) is 60.8 Å². The van der Waals surface area contributed by atoms with E-state index in [1.165, 1.54) is 29.7 Å². The van der Waals surface area contributed by atoms with E-state index in [2.05, 4.69) is 15.6 Å². The molecule has 3 amide bonds. The highest BCUT2D eigenvalue weighted by molar-refractivity contribution is 7.89. The quantitative estimate of drug-likeness (QED) is 0.608. The molecule has 2 N–H and O–H groups in total. The van der Waals surface area contributed by atoms with Crippen LogP contribution in [0, 0.1) is 5.92 Å². The molecule has 0 aromatic carbocycles. The summed E-state index contributed by atoms with van der Waals surface area (Å²) in [5.41, 5.74) is 0. The Hall–Kier alpha value is -2.53. The molecular weight excluding hydrogens is 436 g/mol. The molecule has 11 heteroatoms. The zero-order valence-corrected chi connectivity index (χ0v) is 19.0. The van der Waals surface area contributed by atoms with Crippen molar-refractivity contribution in [2.75, 3.05) is 13.1 Å². The molecular formula is C21H30N4O6S. The van der Waals surface area contributed by atoms with E-state index < -0.39 is 40.0 Å². The zero-order valence-electron chi connectivity index (χ0n) is 18.2. The van der Waals surface area contributed by atoms with Gasteiger partial charge in [0.1, 0.15) is 4.90 Å². The van der Waals surface area contributed by atoms with Gasteiger partial charge in [-0.25, -0.2) is 13.2 Å². The molecule has 1 aromatic rings. The Balaban J connectivity index is 1.43. The lowest BCUT2D eigenvalue weighted by atomic mass is 9.96. The lowest BCUT2D eigenvalue weighted by Crippen LogP contribution is -2.48. The number of hydrogen-bond donors (Lipinski definition) is 2. The molecule has 2 aliphatic rings. The number of imide groups is 1. The fourth-order valence-electron chi connectivity index (χ4n) is 3.99. The number of carbonyl (C=O) groups is 3. The van der Waals surface area contributed by atoms with Crippen LogP contribution in [0.15, 0.2) is 29.4 Å². The van der Waals surface area contributed by atoms with Crippen molar-refractivity contribution in [2.24, 2.45) is 5.92 Å². The molecule has 0 spiro atoms. The maximum Gasteiger partial charge on any atom is 0.321 e. The second-order valence-corrected chi connectivity index (χ2v) is 10.2. The van der Waals surface area contributed by atoms with Crippen molar-refractivity contribution < 1.29 is 27.5 Å². The number of carbonyl (C=O) groups excluding carboxylic acids is 3. The van der Waals surface area contributed by atoms with Crippen LogP contribution in [0.25, 0.3) is 0 Å². The van der Waals surface area contributed by atoms with Gasteiger partial charge in [0.25, 0.3) is 5.91 Å². The topological polar surface area (TPSA) is 135 Å². The first-order valence-corrected chi connectivity index (χ1v) is 12.4. The van der Waals surface area contributed by atoms with Gasteiger partial charge in [-0.3, -0.25) is 19.9 Å². The summed E-state index contributed by atoms with van der Waals surface area (Å²) >= 11 is 0. The Kier molecular flexibility index (Phi) is 8.19. The highest BCUT2D eigenvalue weighted by Gasteiger charge is 2.34. The van der Waals surface area contributed by atoms with Crippen molar-refractivity contribution in [3.05, 3.63) is 24.5 Å². The predicted molar refractivity (Wildman–Crippen MR) is 115 cm³/mol. The summed E-state index contributed by atoms with van der Waals surface area (Å²) in [5.74, 6) is -1.77. The van der Waals surface area contributed by atoms with E-state index in [9.17, 15) is 22.8 Å². The van der Waals surface area contributed by atoms with Gasteiger partial charge in [-0.05, 0) is 44.7 Å². The minimum atomic E-state index is -3.66. The highest BCUT2D eigenvalue weighted by atomic mass is 32.2.